The van der Waals surface area contributed by atoms with Gasteiger partial charge in [0.1, 0.15) is 12.0 Å². The molecule has 7 nitrogen and oxygen atoms in total. The number of hydrogen-bond acceptors (Lipinski definition) is 5. The summed E-state index contributed by atoms with van der Waals surface area (Å²) >= 11 is 0. The fourth-order valence-corrected chi connectivity index (χ4v) is 3.49. The number of imidazole rings is 1. The number of hydrogen-bond donors (Lipinski definition) is 0. The van der Waals surface area contributed by atoms with Crippen LogP contribution in [0.5, 0.6) is 0 Å². The standard InChI is InChI=1S/C20H16N6O/c27-20-19-16(14-9-21-13-22-10-14)4-6-23-17(19)12-26(20)8-5-15-11-25-7-2-1-3-18(25)24-15/h1-4,6-7,9-11,13H,5,8,12H2. The van der Waals surface area contributed by atoms with Gasteiger partial charge < -0.3 is 9.30 Å². The highest BCUT2D eigenvalue weighted by Crippen LogP contribution is 2.30. The van der Waals surface area contributed by atoms with Crippen molar-refractivity contribution in [2.24, 2.45) is 0 Å². The molecular weight excluding hydrogens is 340 g/mol. The Morgan fingerprint density at radius 1 is 1.11 bits per heavy atom. The third kappa shape index (κ3) is 2.73. The Kier molecular flexibility index (Phi) is 3.64. The van der Waals surface area contributed by atoms with Crippen LogP contribution in [0.3, 0.4) is 0 Å². The van der Waals surface area contributed by atoms with Crippen LogP contribution in [0.2, 0.25) is 0 Å². The van der Waals surface area contributed by atoms with Crippen LogP contribution in [-0.4, -0.2) is 41.7 Å². The SMILES string of the molecule is O=C1c2c(-c3cncnc3)ccnc2CN1CCc1cn2ccccc2n1. The van der Waals surface area contributed by atoms with E-state index >= 15 is 0 Å². The predicted molar refractivity (Wildman–Crippen MR) is 98.9 cm³/mol. The second-order valence-electron chi connectivity index (χ2n) is 6.48. The number of nitrogens with zero attached hydrogens (tertiary/aromatic N) is 6. The number of rotatable bonds is 4. The maximum absolute atomic E-state index is 13.0. The van der Waals surface area contributed by atoms with Crippen LogP contribution in [0.25, 0.3) is 16.8 Å². The molecule has 132 valence electrons. The van der Waals surface area contributed by atoms with Gasteiger partial charge >= 0.3 is 0 Å². The van der Waals surface area contributed by atoms with Crippen molar-refractivity contribution in [2.45, 2.75) is 13.0 Å². The van der Waals surface area contributed by atoms with E-state index in [-0.39, 0.29) is 5.91 Å². The largest absolute Gasteiger partial charge is 0.332 e. The molecule has 0 N–H and O–H groups in total. The van der Waals surface area contributed by atoms with E-state index in [1.807, 2.05) is 46.0 Å². The number of pyridine rings is 2. The van der Waals surface area contributed by atoms with Gasteiger partial charge in [-0.15, -0.1) is 0 Å². The van der Waals surface area contributed by atoms with E-state index in [0.717, 1.165) is 28.2 Å². The molecule has 0 bridgehead atoms. The van der Waals surface area contributed by atoms with E-state index in [1.54, 1.807) is 18.6 Å². The third-order valence-corrected chi connectivity index (χ3v) is 4.79. The Morgan fingerprint density at radius 3 is 2.85 bits per heavy atom. The zero-order valence-electron chi connectivity index (χ0n) is 14.5. The first-order chi connectivity index (χ1) is 13.3. The molecule has 0 aliphatic carbocycles. The van der Waals surface area contributed by atoms with Gasteiger partial charge in [0, 0.05) is 55.1 Å². The molecule has 0 aromatic carbocycles. The van der Waals surface area contributed by atoms with Crippen LogP contribution >= 0.6 is 0 Å². The summed E-state index contributed by atoms with van der Waals surface area (Å²) in [6.45, 7) is 1.12. The molecule has 0 radical (unpaired) electrons. The van der Waals surface area contributed by atoms with Gasteiger partial charge in [0.15, 0.2) is 0 Å². The lowest BCUT2D eigenvalue weighted by atomic mass is 10.0. The van der Waals surface area contributed by atoms with E-state index in [4.69, 9.17) is 0 Å². The average molecular weight is 356 g/mol. The first-order valence-corrected chi connectivity index (χ1v) is 8.75. The predicted octanol–water partition coefficient (Wildman–Crippen LogP) is 2.38. The summed E-state index contributed by atoms with van der Waals surface area (Å²) in [5, 5.41) is 0. The van der Waals surface area contributed by atoms with Crippen molar-refractivity contribution < 1.29 is 4.79 Å². The fraction of sp³-hybridized carbons (Fsp3) is 0.150. The molecule has 1 amide bonds. The van der Waals surface area contributed by atoms with Gasteiger partial charge in [0.25, 0.3) is 5.91 Å². The second-order valence-corrected chi connectivity index (χ2v) is 6.48. The van der Waals surface area contributed by atoms with E-state index in [9.17, 15) is 4.79 Å². The van der Waals surface area contributed by atoms with Crippen molar-refractivity contribution >= 4 is 11.6 Å². The van der Waals surface area contributed by atoms with Gasteiger partial charge in [-0.25, -0.2) is 15.0 Å². The zero-order chi connectivity index (χ0) is 18.2. The zero-order valence-corrected chi connectivity index (χ0v) is 14.5. The molecule has 0 saturated carbocycles. The van der Waals surface area contributed by atoms with Crippen LogP contribution in [-0.2, 0) is 13.0 Å². The molecular formula is C20H16N6O. The smallest absolute Gasteiger partial charge is 0.256 e. The lowest BCUT2D eigenvalue weighted by Gasteiger charge is -2.14. The Balaban J connectivity index is 1.39. The van der Waals surface area contributed by atoms with Crippen LogP contribution < -0.4 is 0 Å². The Hall–Kier alpha value is -3.61. The van der Waals surface area contributed by atoms with Crippen molar-refractivity contribution in [2.75, 3.05) is 6.54 Å². The number of aromatic nitrogens is 5. The Labute approximate surface area is 155 Å². The van der Waals surface area contributed by atoms with Crippen molar-refractivity contribution in [3.05, 3.63) is 78.5 Å². The van der Waals surface area contributed by atoms with Crippen LogP contribution in [0.4, 0.5) is 0 Å². The molecule has 5 rings (SSSR count). The molecule has 0 fully saturated rings. The van der Waals surface area contributed by atoms with Gasteiger partial charge in [-0.2, -0.15) is 0 Å². The molecule has 4 aromatic rings. The van der Waals surface area contributed by atoms with Crippen LogP contribution in [0.15, 0.2) is 61.6 Å². The maximum Gasteiger partial charge on any atom is 0.256 e. The molecule has 4 aromatic heterocycles. The molecule has 27 heavy (non-hydrogen) atoms. The monoisotopic (exact) mass is 356 g/mol. The summed E-state index contributed by atoms with van der Waals surface area (Å²) < 4.78 is 1.99. The number of fused-ring (bicyclic) bond motifs is 2. The van der Waals surface area contributed by atoms with E-state index < -0.39 is 0 Å². The topological polar surface area (TPSA) is 76.3 Å². The molecule has 1 aliphatic heterocycles. The highest BCUT2D eigenvalue weighted by Gasteiger charge is 2.31. The number of carbonyl (C=O) groups excluding carboxylic acids is 1. The summed E-state index contributed by atoms with van der Waals surface area (Å²) in [7, 11) is 0. The van der Waals surface area contributed by atoms with Gasteiger partial charge in [-0.3, -0.25) is 9.78 Å². The first-order valence-electron chi connectivity index (χ1n) is 8.75. The van der Waals surface area contributed by atoms with E-state index in [1.165, 1.54) is 6.33 Å². The minimum atomic E-state index is 0.000664. The van der Waals surface area contributed by atoms with Crippen molar-refractivity contribution in [1.82, 2.24) is 29.2 Å². The summed E-state index contributed by atoms with van der Waals surface area (Å²) in [4.78, 5) is 32.0. The molecule has 1 aliphatic rings. The van der Waals surface area contributed by atoms with Crippen LogP contribution in [0.1, 0.15) is 21.7 Å². The number of carbonyl (C=O) groups is 1. The Bertz CT molecular complexity index is 1100. The molecule has 5 heterocycles. The summed E-state index contributed by atoms with van der Waals surface area (Å²) in [6, 6.07) is 7.76. The van der Waals surface area contributed by atoms with Crippen molar-refractivity contribution in [1.29, 1.82) is 0 Å². The molecule has 0 unspecified atom stereocenters. The highest BCUT2D eigenvalue weighted by molar-refractivity contribution is 6.03. The van der Waals surface area contributed by atoms with Gasteiger partial charge in [0.05, 0.1) is 23.5 Å². The fourth-order valence-electron chi connectivity index (χ4n) is 3.49. The molecule has 0 saturated heterocycles. The lowest BCUT2D eigenvalue weighted by molar-refractivity contribution is 0.0780. The average Bonchev–Trinajstić information content (AvgIpc) is 3.27. The van der Waals surface area contributed by atoms with E-state index in [2.05, 4.69) is 19.9 Å². The first kappa shape index (κ1) is 15.6. The summed E-state index contributed by atoms with van der Waals surface area (Å²) in [5.74, 6) is 0.000664. The van der Waals surface area contributed by atoms with E-state index in [0.29, 0.717) is 25.1 Å². The van der Waals surface area contributed by atoms with Crippen molar-refractivity contribution in [3.63, 3.8) is 0 Å². The van der Waals surface area contributed by atoms with Gasteiger partial charge in [-0.05, 0) is 18.2 Å². The lowest BCUT2D eigenvalue weighted by Crippen LogP contribution is -2.26. The van der Waals surface area contributed by atoms with Gasteiger partial charge in [0.2, 0.25) is 0 Å². The summed E-state index contributed by atoms with van der Waals surface area (Å²) in [6.07, 6.45) is 11.3. The van der Waals surface area contributed by atoms with Crippen LogP contribution in [0, 0.1) is 0 Å². The summed E-state index contributed by atoms with van der Waals surface area (Å²) in [5.41, 5.74) is 5.00. The normalized spacial score (nSPS) is 13.3. The minimum absolute atomic E-state index is 0.000664. The quantitative estimate of drug-likeness (QED) is 0.561. The maximum atomic E-state index is 13.0. The molecule has 0 spiro atoms. The third-order valence-electron chi connectivity index (χ3n) is 4.79. The second kappa shape index (κ2) is 6.28. The van der Waals surface area contributed by atoms with Gasteiger partial charge in [-0.1, -0.05) is 6.07 Å². The molecule has 7 heteroatoms. The van der Waals surface area contributed by atoms with Crippen molar-refractivity contribution in [3.8, 4) is 11.1 Å². The molecule has 0 atom stereocenters. The highest BCUT2D eigenvalue weighted by atomic mass is 16.2. The number of amides is 1. The minimum Gasteiger partial charge on any atom is -0.332 e. The Morgan fingerprint density at radius 2 is 2.00 bits per heavy atom.